The van der Waals surface area contributed by atoms with Gasteiger partial charge in [0.25, 0.3) is 0 Å². The highest BCUT2D eigenvalue weighted by Crippen LogP contribution is 2.40. The van der Waals surface area contributed by atoms with Gasteiger partial charge in [-0.3, -0.25) is 4.98 Å². The van der Waals surface area contributed by atoms with Crippen molar-refractivity contribution < 1.29 is 23.4 Å². The molecule has 1 saturated heterocycles. The van der Waals surface area contributed by atoms with Crippen LogP contribution < -0.4 is 14.4 Å². The van der Waals surface area contributed by atoms with Gasteiger partial charge in [0.1, 0.15) is 5.52 Å². The molecule has 1 aromatic carbocycles. The summed E-state index contributed by atoms with van der Waals surface area (Å²) < 4.78 is 40.6. The number of methoxy groups -OCH3 is 2. The maximum Gasteiger partial charge on any atom is 0.177 e. The van der Waals surface area contributed by atoms with E-state index in [0.29, 0.717) is 28.1 Å². The molecule has 1 N–H and O–H groups in total. The molecule has 1 aliphatic heterocycles. The molecule has 0 bridgehead atoms. The monoisotopic (exact) mass is 465 g/mol. The SMILES string of the molecule is COc1cc(OC)c(F)c(-c2cc3cnc(-c4cccnc4)nc3c(N3CC(C)(O)C3)n2)c1F. The highest BCUT2D eigenvalue weighted by molar-refractivity contribution is 5.93. The Morgan fingerprint density at radius 3 is 2.32 bits per heavy atom. The predicted molar refractivity (Wildman–Crippen MR) is 122 cm³/mol. The number of β-amino-alcohol motifs (C(OH)–C–C–N with tert-alkyl or cyclic N) is 1. The third-order valence-corrected chi connectivity index (χ3v) is 5.66. The van der Waals surface area contributed by atoms with Crippen molar-refractivity contribution in [2.75, 3.05) is 32.2 Å². The summed E-state index contributed by atoms with van der Waals surface area (Å²) in [5, 5.41) is 10.8. The predicted octanol–water partition coefficient (Wildman–Crippen LogP) is 3.62. The lowest BCUT2D eigenvalue weighted by atomic mass is 9.96. The second kappa shape index (κ2) is 8.14. The first kappa shape index (κ1) is 21.9. The Bertz CT molecular complexity index is 1360. The molecule has 5 rings (SSSR count). The smallest absolute Gasteiger partial charge is 0.177 e. The van der Waals surface area contributed by atoms with Crippen molar-refractivity contribution in [1.82, 2.24) is 19.9 Å². The summed E-state index contributed by atoms with van der Waals surface area (Å²) in [4.78, 5) is 19.6. The highest BCUT2D eigenvalue weighted by atomic mass is 19.1. The van der Waals surface area contributed by atoms with Crippen molar-refractivity contribution in [2.24, 2.45) is 0 Å². The Morgan fingerprint density at radius 1 is 1.03 bits per heavy atom. The van der Waals surface area contributed by atoms with Crippen LogP contribution >= 0.6 is 0 Å². The van der Waals surface area contributed by atoms with Crippen molar-refractivity contribution in [3.8, 4) is 34.1 Å². The normalized spacial score (nSPS) is 14.7. The van der Waals surface area contributed by atoms with Gasteiger partial charge in [0.05, 0.1) is 31.1 Å². The molecule has 10 heteroatoms. The number of halogens is 2. The van der Waals surface area contributed by atoms with Crippen LogP contribution in [0, 0.1) is 11.6 Å². The number of aliphatic hydroxyl groups is 1. The molecule has 0 spiro atoms. The second-order valence-corrected chi connectivity index (χ2v) is 8.34. The number of fused-ring (bicyclic) bond motifs is 1. The van der Waals surface area contributed by atoms with Gasteiger partial charge in [0, 0.05) is 48.7 Å². The Balaban J connectivity index is 1.74. The van der Waals surface area contributed by atoms with E-state index in [1.54, 1.807) is 36.5 Å². The van der Waals surface area contributed by atoms with E-state index in [4.69, 9.17) is 9.47 Å². The van der Waals surface area contributed by atoms with E-state index in [0.717, 1.165) is 6.07 Å². The van der Waals surface area contributed by atoms with Crippen LogP contribution in [0.25, 0.3) is 33.5 Å². The minimum absolute atomic E-state index is 0.0268. The standard InChI is InChI=1S/C24H21F2N5O3/c1-24(32)11-31(12-24)23-21-14(10-28-22(30-21)13-5-4-6-27-9-13)7-15(29-23)18-19(25)16(33-2)8-17(34-3)20(18)26/h4-10,32H,11-12H2,1-3H3. The number of hydrogen-bond acceptors (Lipinski definition) is 8. The first-order chi connectivity index (χ1) is 16.3. The molecule has 4 aromatic rings. The van der Waals surface area contributed by atoms with E-state index in [1.165, 1.54) is 20.3 Å². The summed E-state index contributed by atoms with van der Waals surface area (Å²) >= 11 is 0. The quantitative estimate of drug-likeness (QED) is 0.478. The molecule has 0 atom stereocenters. The number of hydrogen-bond donors (Lipinski definition) is 1. The lowest BCUT2D eigenvalue weighted by Crippen LogP contribution is -2.60. The van der Waals surface area contributed by atoms with Gasteiger partial charge >= 0.3 is 0 Å². The fourth-order valence-electron chi connectivity index (χ4n) is 4.04. The number of benzene rings is 1. The maximum absolute atomic E-state index is 15.2. The average molecular weight is 465 g/mol. The molecule has 174 valence electrons. The van der Waals surface area contributed by atoms with Crippen LogP contribution in [0.3, 0.4) is 0 Å². The fraction of sp³-hybridized carbons (Fsp3) is 0.250. The van der Waals surface area contributed by atoms with E-state index >= 15 is 8.78 Å². The summed E-state index contributed by atoms with van der Waals surface area (Å²) in [6.45, 7) is 2.28. The zero-order valence-electron chi connectivity index (χ0n) is 18.7. The first-order valence-corrected chi connectivity index (χ1v) is 10.5. The summed E-state index contributed by atoms with van der Waals surface area (Å²) in [6, 6.07) is 6.27. The van der Waals surface area contributed by atoms with Crippen LogP contribution in [0.15, 0.2) is 42.9 Å². The Kier molecular flexibility index (Phi) is 5.24. The zero-order valence-corrected chi connectivity index (χ0v) is 18.7. The molecule has 0 radical (unpaired) electrons. The molecule has 1 fully saturated rings. The number of aromatic nitrogens is 4. The van der Waals surface area contributed by atoms with Gasteiger partial charge in [-0.15, -0.1) is 0 Å². The van der Waals surface area contributed by atoms with Gasteiger partial charge in [-0.2, -0.15) is 0 Å². The van der Waals surface area contributed by atoms with Gasteiger partial charge in [-0.05, 0) is 25.1 Å². The average Bonchev–Trinajstić information content (AvgIpc) is 2.82. The topological polar surface area (TPSA) is 93.5 Å². The molecular formula is C24H21F2N5O3. The number of nitrogens with zero attached hydrogens (tertiary/aromatic N) is 5. The Labute approximate surface area is 193 Å². The summed E-state index contributed by atoms with van der Waals surface area (Å²) in [5.41, 5.74) is -0.0609. The molecule has 0 amide bonds. The molecule has 0 aliphatic carbocycles. The number of rotatable bonds is 5. The van der Waals surface area contributed by atoms with Gasteiger partial charge in [-0.1, -0.05) is 0 Å². The first-order valence-electron chi connectivity index (χ1n) is 10.5. The van der Waals surface area contributed by atoms with E-state index < -0.39 is 17.2 Å². The van der Waals surface area contributed by atoms with Crippen LogP contribution in [0.1, 0.15) is 6.92 Å². The fourth-order valence-corrected chi connectivity index (χ4v) is 4.04. The van der Waals surface area contributed by atoms with Crippen LogP contribution in [-0.2, 0) is 0 Å². The third kappa shape index (κ3) is 3.65. The molecule has 3 aromatic heterocycles. The van der Waals surface area contributed by atoms with Gasteiger partial charge < -0.3 is 19.5 Å². The van der Waals surface area contributed by atoms with E-state index in [1.807, 2.05) is 6.07 Å². The minimum atomic E-state index is -0.904. The largest absolute Gasteiger partial charge is 0.494 e. The van der Waals surface area contributed by atoms with Crippen molar-refractivity contribution in [2.45, 2.75) is 12.5 Å². The lowest BCUT2D eigenvalue weighted by molar-refractivity contribution is 0.0307. The van der Waals surface area contributed by atoms with Crippen molar-refractivity contribution >= 4 is 16.7 Å². The molecule has 34 heavy (non-hydrogen) atoms. The Morgan fingerprint density at radius 2 is 1.74 bits per heavy atom. The number of ether oxygens (including phenoxy) is 2. The zero-order chi connectivity index (χ0) is 24.0. The summed E-state index contributed by atoms with van der Waals surface area (Å²) in [7, 11) is 2.57. The molecule has 0 unspecified atom stereocenters. The highest BCUT2D eigenvalue weighted by Gasteiger charge is 2.39. The van der Waals surface area contributed by atoms with E-state index in [-0.39, 0.29) is 35.8 Å². The van der Waals surface area contributed by atoms with Gasteiger partial charge in [-0.25, -0.2) is 23.7 Å². The van der Waals surface area contributed by atoms with Crippen LogP contribution in [-0.4, -0.2) is 58.0 Å². The van der Waals surface area contributed by atoms with Crippen molar-refractivity contribution in [3.05, 3.63) is 54.5 Å². The number of anilines is 1. The van der Waals surface area contributed by atoms with Crippen molar-refractivity contribution in [1.29, 1.82) is 0 Å². The molecule has 8 nitrogen and oxygen atoms in total. The Hall–Kier alpha value is -3.92. The molecule has 1 aliphatic rings. The molecular weight excluding hydrogens is 444 g/mol. The molecule has 0 saturated carbocycles. The lowest BCUT2D eigenvalue weighted by Gasteiger charge is -2.45. The van der Waals surface area contributed by atoms with Gasteiger partial charge in [0.15, 0.2) is 34.8 Å². The van der Waals surface area contributed by atoms with E-state index in [2.05, 4.69) is 19.9 Å². The second-order valence-electron chi connectivity index (χ2n) is 8.34. The maximum atomic E-state index is 15.2. The van der Waals surface area contributed by atoms with Gasteiger partial charge in [0.2, 0.25) is 0 Å². The number of pyridine rings is 2. The summed E-state index contributed by atoms with van der Waals surface area (Å²) in [5.74, 6) is -1.33. The van der Waals surface area contributed by atoms with Crippen LogP contribution in [0.2, 0.25) is 0 Å². The molecule has 4 heterocycles. The minimum Gasteiger partial charge on any atom is -0.494 e. The third-order valence-electron chi connectivity index (χ3n) is 5.66. The van der Waals surface area contributed by atoms with Crippen molar-refractivity contribution in [3.63, 3.8) is 0 Å². The van der Waals surface area contributed by atoms with E-state index in [9.17, 15) is 5.11 Å². The summed E-state index contributed by atoms with van der Waals surface area (Å²) in [6.07, 6.45) is 4.87. The van der Waals surface area contributed by atoms with Crippen LogP contribution in [0.5, 0.6) is 11.5 Å². The van der Waals surface area contributed by atoms with Crippen LogP contribution in [0.4, 0.5) is 14.6 Å².